The van der Waals surface area contributed by atoms with Gasteiger partial charge in [0.2, 0.25) is 5.91 Å². The molecule has 1 atom stereocenters. The maximum absolute atomic E-state index is 12.7. The van der Waals surface area contributed by atoms with Crippen LogP contribution < -0.4 is 10.6 Å². The lowest BCUT2D eigenvalue weighted by Crippen LogP contribution is -2.40. The van der Waals surface area contributed by atoms with Gasteiger partial charge in [-0.2, -0.15) is 0 Å². The van der Waals surface area contributed by atoms with Crippen molar-refractivity contribution < 1.29 is 9.53 Å². The Hall–Kier alpha value is -1.39. The van der Waals surface area contributed by atoms with E-state index in [0.29, 0.717) is 13.2 Å². The van der Waals surface area contributed by atoms with E-state index in [1.807, 2.05) is 29.2 Å². The molecule has 1 fully saturated rings. The molecule has 2 N–H and O–H groups in total. The third kappa shape index (κ3) is 3.58. The maximum atomic E-state index is 12.7. The molecule has 0 aromatic heterocycles. The molecule has 1 saturated heterocycles. The number of amides is 1. The monoisotopic (exact) mass is 276 g/mol. The van der Waals surface area contributed by atoms with E-state index < -0.39 is 0 Å². The predicted molar refractivity (Wildman–Crippen MR) is 80.5 cm³/mol. The average Bonchev–Trinajstić information content (AvgIpc) is 2.53. The summed E-state index contributed by atoms with van der Waals surface area (Å²) in [5.74, 6) is 0.191. The molecule has 1 aromatic carbocycles. The minimum absolute atomic E-state index is 0.00415. The second-order valence-corrected chi connectivity index (χ2v) is 5.27. The third-order valence-corrected chi connectivity index (χ3v) is 3.71. The zero-order valence-corrected chi connectivity index (χ0v) is 12.2. The highest BCUT2D eigenvalue weighted by atomic mass is 16.5. The van der Waals surface area contributed by atoms with Crippen LogP contribution in [0, 0.1) is 5.92 Å². The highest BCUT2D eigenvalue weighted by Gasteiger charge is 2.27. The predicted octanol–water partition coefficient (Wildman–Crippen LogP) is 2.31. The van der Waals surface area contributed by atoms with E-state index in [0.717, 1.165) is 43.7 Å². The minimum Gasteiger partial charge on any atom is -0.381 e. The van der Waals surface area contributed by atoms with Crippen molar-refractivity contribution in [2.75, 3.05) is 24.7 Å². The number of benzene rings is 1. The Morgan fingerprint density at radius 3 is 2.70 bits per heavy atom. The molecule has 1 aliphatic heterocycles. The number of carbonyl (C=O) groups is 1. The van der Waals surface area contributed by atoms with Crippen LogP contribution in [0.5, 0.6) is 0 Å². The molecule has 4 heteroatoms. The van der Waals surface area contributed by atoms with Crippen LogP contribution in [0.2, 0.25) is 0 Å². The lowest BCUT2D eigenvalue weighted by Gasteiger charge is -2.29. The quantitative estimate of drug-likeness (QED) is 0.898. The van der Waals surface area contributed by atoms with Crippen molar-refractivity contribution in [3.05, 3.63) is 29.8 Å². The van der Waals surface area contributed by atoms with E-state index >= 15 is 0 Å². The fourth-order valence-electron chi connectivity index (χ4n) is 2.56. The standard InChI is InChI=1S/C16H24N2O2/c1-2-9-18(15-7-5-13(11-17)6-8-15)16(19)14-4-3-10-20-12-14/h5-8,14H,2-4,9-12,17H2,1H3. The maximum Gasteiger partial charge on any atom is 0.232 e. The van der Waals surface area contributed by atoms with Gasteiger partial charge in [0.05, 0.1) is 12.5 Å². The summed E-state index contributed by atoms with van der Waals surface area (Å²) in [7, 11) is 0. The lowest BCUT2D eigenvalue weighted by atomic mass is 10.00. The highest BCUT2D eigenvalue weighted by Crippen LogP contribution is 2.22. The van der Waals surface area contributed by atoms with E-state index in [2.05, 4.69) is 6.92 Å². The normalized spacial score (nSPS) is 18.8. The van der Waals surface area contributed by atoms with E-state index in [1.54, 1.807) is 0 Å². The summed E-state index contributed by atoms with van der Waals surface area (Å²) in [5, 5.41) is 0. The second kappa shape index (κ2) is 7.41. The fourth-order valence-corrected chi connectivity index (χ4v) is 2.56. The lowest BCUT2D eigenvalue weighted by molar-refractivity contribution is -0.126. The van der Waals surface area contributed by atoms with Crippen molar-refractivity contribution >= 4 is 11.6 Å². The van der Waals surface area contributed by atoms with Gasteiger partial charge in [-0.05, 0) is 37.0 Å². The molecule has 1 unspecified atom stereocenters. The van der Waals surface area contributed by atoms with Gasteiger partial charge in [-0.25, -0.2) is 0 Å². The Bertz CT molecular complexity index is 425. The van der Waals surface area contributed by atoms with Crippen LogP contribution in [0.25, 0.3) is 0 Å². The molecule has 0 spiro atoms. The van der Waals surface area contributed by atoms with Gasteiger partial charge in [0.25, 0.3) is 0 Å². The van der Waals surface area contributed by atoms with Crippen LogP contribution in [0.1, 0.15) is 31.7 Å². The molecule has 1 aromatic rings. The van der Waals surface area contributed by atoms with E-state index in [1.165, 1.54) is 0 Å². The van der Waals surface area contributed by atoms with Gasteiger partial charge in [0, 0.05) is 25.4 Å². The summed E-state index contributed by atoms with van der Waals surface area (Å²) in [5.41, 5.74) is 7.65. The molecule has 0 radical (unpaired) electrons. The molecule has 1 heterocycles. The zero-order valence-electron chi connectivity index (χ0n) is 12.2. The number of nitrogens with two attached hydrogens (primary N) is 1. The molecule has 1 amide bonds. The molecular weight excluding hydrogens is 252 g/mol. The minimum atomic E-state index is 0.00415. The molecule has 0 bridgehead atoms. The van der Waals surface area contributed by atoms with Crippen molar-refractivity contribution in [1.82, 2.24) is 0 Å². The van der Waals surface area contributed by atoms with Crippen LogP contribution in [-0.2, 0) is 16.1 Å². The summed E-state index contributed by atoms with van der Waals surface area (Å²) in [6, 6.07) is 7.95. The van der Waals surface area contributed by atoms with E-state index in [4.69, 9.17) is 10.5 Å². The molecule has 0 saturated carbocycles. The van der Waals surface area contributed by atoms with Gasteiger partial charge < -0.3 is 15.4 Å². The topological polar surface area (TPSA) is 55.6 Å². The molecule has 2 rings (SSSR count). The number of rotatable bonds is 5. The first-order valence-electron chi connectivity index (χ1n) is 7.44. The van der Waals surface area contributed by atoms with Crippen molar-refractivity contribution in [1.29, 1.82) is 0 Å². The molecule has 0 aliphatic carbocycles. The van der Waals surface area contributed by atoms with Gasteiger partial charge in [-0.1, -0.05) is 19.1 Å². The molecule has 20 heavy (non-hydrogen) atoms. The summed E-state index contributed by atoms with van der Waals surface area (Å²) in [4.78, 5) is 14.6. The first-order chi connectivity index (χ1) is 9.76. The van der Waals surface area contributed by atoms with Crippen LogP contribution in [0.4, 0.5) is 5.69 Å². The molecule has 1 aliphatic rings. The summed E-state index contributed by atoms with van der Waals surface area (Å²) in [6.07, 6.45) is 2.85. The molecule has 4 nitrogen and oxygen atoms in total. The number of hydrogen-bond donors (Lipinski definition) is 1. The average molecular weight is 276 g/mol. The Morgan fingerprint density at radius 1 is 1.40 bits per heavy atom. The van der Waals surface area contributed by atoms with Crippen LogP contribution in [0.3, 0.4) is 0 Å². The fraction of sp³-hybridized carbons (Fsp3) is 0.562. The van der Waals surface area contributed by atoms with Crippen molar-refractivity contribution in [2.24, 2.45) is 11.7 Å². The first kappa shape index (κ1) is 15.0. The highest BCUT2D eigenvalue weighted by molar-refractivity contribution is 5.95. The van der Waals surface area contributed by atoms with Crippen LogP contribution >= 0.6 is 0 Å². The van der Waals surface area contributed by atoms with Gasteiger partial charge in [0.1, 0.15) is 0 Å². The summed E-state index contributed by atoms with van der Waals surface area (Å²) < 4.78 is 5.44. The van der Waals surface area contributed by atoms with Gasteiger partial charge in [0.15, 0.2) is 0 Å². The smallest absolute Gasteiger partial charge is 0.232 e. The summed E-state index contributed by atoms with van der Waals surface area (Å²) >= 11 is 0. The number of hydrogen-bond acceptors (Lipinski definition) is 3. The van der Waals surface area contributed by atoms with E-state index in [-0.39, 0.29) is 11.8 Å². The number of carbonyl (C=O) groups excluding carboxylic acids is 1. The SMILES string of the molecule is CCCN(C(=O)C1CCCOC1)c1ccc(CN)cc1. The Balaban J connectivity index is 2.13. The molecule has 110 valence electrons. The van der Waals surface area contributed by atoms with Crippen molar-refractivity contribution in [2.45, 2.75) is 32.7 Å². The van der Waals surface area contributed by atoms with Crippen molar-refractivity contribution in [3.63, 3.8) is 0 Å². The largest absolute Gasteiger partial charge is 0.381 e. The third-order valence-electron chi connectivity index (χ3n) is 3.71. The van der Waals surface area contributed by atoms with Crippen LogP contribution in [-0.4, -0.2) is 25.7 Å². The van der Waals surface area contributed by atoms with E-state index in [9.17, 15) is 4.79 Å². The Labute approximate surface area is 120 Å². The zero-order chi connectivity index (χ0) is 14.4. The number of nitrogens with zero attached hydrogens (tertiary/aromatic N) is 1. The summed E-state index contributed by atoms with van der Waals surface area (Å²) in [6.45, 7) is 4.70. The van der Waals surface area contributed by atoms with Gasteiger partial charge in [-0.3, -0.25) is 4.79 Å². The second-order valence-electron chi connectivity index (χ2n) is 5.27. The Morgan fingerprint density at radius 2 is 2.15 bits per heavy atom. The molecular formula is C16H24N2O2. The van der Waals surface area contributed by atoms with Crippen molar-refractivity contribution in [3.8, 4) is 0 Å². The van der Waals surface area contributed by atoms with Gasteiger partial charge in [-0.15, -0.1) is 0 Å². The Kier molecular flexibility index (Phi) is 5.56. The number of anilines is 1. The number of ether oxygens (including phenoxy) is 1. The van der Waals surface area contributed by atoms with Crippen LogP contribution in [0.15, 0.2) is 24.3 Å². The first-order valence-corrected chi connectivity index (χ1v) is 7.44. The van der Waals surface area contributed by atoms with Gasteiger partial charge >= 0.3 is 0 Å².